The molecule has 0 saturated carbocycles. The quantitative estimate of drug-likeness (QED) is 0.508. The van der Waals surface area contributed by atoms with E-state index in [0.717, 1.165) is 43.3 Å². The molecular weight excluding hydrogens is 304 g/mol. The first kappa shape index (κ1) is 18.2. The number of pyridine rings is 1. The Morgan fingerprint density at radius 2 is 2.29 bits per heavy atom. The van der Waals surface area contributed by atoms with E-state index < -0.39 is 0 Å². The lowest BCUT2D eigenvalue weighted by Crippen LogP contribution is -2.48. The maximum Gasteiger partial charge on any atom is 0.310 e. The number of carbonyl (C=O) groups excluding carboxylic acids is 1. The van der Waals surface area contributed by atoms with Crippen LogP contribution in [0.5, 0.6) is 0 Å². The van der Waals surface area contributed by atoms with Crippen LogP contribution in [-0.4, -0.2) is 48.1 Å². The number of rotatable bonds is 5. The maximum atomic E-state index is 12.0. The van der Waals surface area contributed by atoms with Crippen LogP contribution in [0.1, 0.15) is 38.1 Å². The topological polar surface area (TPSA) is 66.8 Å². The molecule has 0 aliphatic carbocycles. The summed E-state index contributed by atoms with van der Waals surface area (Å²) in [6.07, 6.45) is 1.85. The minimum atomic E-state index is -0.0987. The molecule has 1 N–H and O–H groups in total. The summed E-state index contributed by atoms with van der Waals surface area (Å²) in [7, 11) is 0. The average molecular weight is 332 g/mol. The molecule has 0 spiro atoms. The molecule has 6 nitrogen and oxygen atoms in total. The zero-order chi connectivity index (χ0) is 17.4. The summed E-state index contributed by atoms with van der Waals surface area (Å²) in [4.78, 5) is 23.4. The number of ether oxygens (including phenoxy) is 1. The van der Waals surface area contributed by atoms with Gasteiger partial charge in [0.1, 0.15) is 0 Å². The summed E-state index contributed by atoms with van der Waals surface area (Å²) >= 11 is 0. The summed E-state index contributed by atoms with van der Waals surface area (Å²) < 4.78 is 5.18. The lowest BCUT2D eigenvalue weighted by Gasteiger charge is -2.34. The smallest absolute Gasteiger partial charge is 0.310 e. The Morgan fingerprint density at radius 1 is 1.46 bits per heavy atom. The van der Waals surface area contributed by atoms with Gasteiger partial charge in [0.15, 0.2) is 5.96 Å². The molecule has 1 fully saturated rings. The van der Waals surface area contributed by atoms with Gasteiger partial charge in [-0.3, -0.25) is 9.78 Å². The third kappa shape index (κ3) is 5.22. The van der Waals surface area contributed by atoms with Crippen molar-refractivity contribution in [2.24, 2.45) is 10.9 Å². The van der Waals surface area contributed by atoms with Crippen molar-refractivity contribution in [1.29, 1.82) is 0 Å². The normalized spacial score (nSPS) is 18.4. The van der Waals surface area contributed by atoms with Crippen molar-refractivity contribution in [3.8, 4) is 0 Å². The number of likely N-dealkylation sites (tertiary alicyclic amines) is 1. The number of piperidine rings is 1. The van der Waals surface area contributed by atoms with E-state index in [4.69, 9.17) is 9.73 Å². The Hall–Kier alpha value is -2.11. The van der Waals surface area contributed by atoms with Gasteiger partial charge in [0.25, 0.3) is 0 Å². The van der Waals surface area contributed by atoms with Crippen LogP contribution in [0.3, 0.4) is 0 Å². The highest BCUT2D eigenvalue weighted by Gasteiger charge is 2.28. The second-order valence-electron chi connectivity index (χ2n) is 5.98. The molecule has 1 saturated heterocycles. The summed E-state index contributed by atoms with van der Waals surface area (Å²) in [6, 6.07) is 5.96. The lowest BCUT2D eigenvalue weighted by molar-refractivity contribution is -0.149. The number of aryl methyl sites for hydroxylation is 1. The predicted molar refractivity (Wildman–Crippen MR) is 94.7 cm³/mol. The number of hydrogen-bond acceptors (Lipinski definition) is 4. The first-order valence-electron chi connectivity index (χ1n) is 8.76. The van der Waals surface area contributed by atoms with Crippen molar-refractivity contribution >= 4 is 11.9 Å². The monoisotopic (exact) mass is 332 g/mol. The van der Waals surface area contributed by atoms with Gasteiger partial charge in [-0.25, -0.2) is 4.99 Å². The molecule has 1 aliphatic heterocycles. The number of nitrogens with zero attached hydrogens (tertiary/aromatic N) is 3. The molecule has 6 heteroatoms. The van der Waals surface area contributed by atoms with Crippen LogP contribution in [0.15, 0.2) is 23.2 Å². The number of aromatic nitrogens is 1. The fourth-order valence-corrected chi connectivity index (χ4v) is 2.89. The van der Waals surface area contributed by atoms with Crippen LogP contribution in [0.4, 0.5) is 0 Å². The molecule has 0 radical (unpaired) electrons. The molecule has 24 heavy (non-hydrogen) atoms. The Morgan fingerprint density at radius 3 is 3.00 bits per heavy atom. The zero-order valence-electron chi connectivity index (χ0n) is 14.9. The van der Waals surface area contributed by atoms with E-state index in [9.17, 15) is 4.79 Å². The van der Waals surface area contributed by atoms with Gasteiger partial charge >= 0.3 is 5.97 Å². The molecule has 0 aromatic carbocycles. The molecule has 1 atom stereocenters. The van der Waals surface area contributed by atoms with Gasteiger partial charge in [-0.2, -0.15) is 0 Å². The van der Waals surface area contributed by atoms with Crippen LogP contribution in [0.25, 0.3) is 0 Å². The number of aliphatic imine (C=N–C) groups is 1. The van der Waals surface area contributed by atoms with Gasteiger partial charge in [0.05, 0.1) is 24.8 Å². The van der Waals surface area contributed by atoms with E-state index >= 15 is 0 Å². The number of hydrogen-bond donors (Lipinski definition) is 1. The van der Waals surface area contributed by atoms with Gasteiger partial charge in [0.2, 0.25) is 0 Å². The SMILES string of the molecule is CCNC(=NCc1cccc(C)n1)N1CCCC(C(=O)OCC)C1. The van der Waals surface area contributed by atoms with Crippen LogP contribution in [0, 0.1) is 12.8 Å². The molecule has 0 bridgehead atoms. The average Bonchev–Trinajstić information content (AvgIpc) is 2.59. The van der Waals surface area contributed by atoms with E-state index in [-0.39, 0.29) is 11.9 Å². The second-order valence-corrected chi connectivity index (χ2v) is 5.98. The molecule has 1 aliphatic rings. The van der Waals surface area contributed by atoms with E-state index in [0.29, 0.717) is 19.7 Å². The van der Waals surface area contributed by atoms with Crippen LogP contribution >= 0.6 is 0 Å². The molecule has 1 aromatic rings. The highest BCUT2D eigenvalue weighted by Crippen LogP contribution is 2.18. The van der Waals surface area contributed by atoms with Gasteiger partial charge in [-0.1, -0.05) is 6.07 Å². The standard InChI is InChI=1S/C18H28N4O2/c1-4-19-18(20-12-16-10-6-8-14(3)21-16)22-11-7-9-15(13-22)17(23)24-5-2/h6,8,10,15H,4-5,7,9,11-13H2,1-3H3,(H,19,20). The molecule has 2 rings (SSSR count). The minimum Gasteiger partial charge on any atom is -0.466 e. The van der Waals surface area contributed by atoms with Gasteiger partial charge in [-0.15, -0.1) is 0 Å². The van der Waals surface area contributed by atoms with Gasteiger partial charge in [0, 0.05) is 25.3 Å². The molecule has 132 valence electrons. The fraction of sp³-hybridized carbons (Fsp3) is 0.611. The van der Waals surface area contributed by atoms with E-state index in [1.165, 1.54) is 0 Å². The fourth-order valence-electron chi connectivity index (χ4n) is 2.89. The third-order valence-electron chi connectivity index (χ3n) is 4.01. The predicted octanol–water partition coefficient (Wildman–Crippen LogP) is 2.13. The number of guanidine groups is 1. The molecule has 1 unspecified atom stereocenters. The molecule has 0 amide bonds. The molecule has 2 heterocycles. The summed E-state index contributed by atoms with van der Waals surface area (Å²) in [5.74, 6) is 0.674. The summed E-state index contributed by atoms with van der Waals surface area (Å²) in [6.45, 7) is 9.20. The van der Waals surface area contributed by atoms with Crippen molar-refractivity contribution in [2.75, 3.05) is 26.2 Å². The Labute approximate surface area is 144 Å². The van der Waals surface area contributed by atoms with Crippen LogP contribution < -0.4 is 5.32 Å². The van der Waals surface area contributed by atoms with Gasteiger partial charge < -0.3 is 15.0 Å². The summed E-state index contributed by atoms with van der Waals surface area (Å²) in [5.41, 5.74) is 1.94. The highest BCUT2D eigenvalue weighted by atomic mass is 16.5. The van der Waals surface area contributed by atoms with E-state index in [1.54, 1.807) is 0 Å². The number of esters is 1. The van der Waals surface area contributed by atoms with Crippen molar-refractivity contribution in [1.82, 2.24) is 15.2 Å². The van der Waals surface area contributed by atoms with Crippen molar-refractivity contribution in [3.63, 3.8) is 0 Å². The van der Waals surface area contributed by atoms with Crippen molar-refractivity contribution in [3.05, 3.63) is 29.6 Å². The first-order chi connectivity index (χ1) is 11.6. The Kier molecular flexibility index (Phi) is 7.03. The first-order valence-corrected chi connectivity index (χ1v) is 8.76. The van der Waals surface area contributed by atoms with Crippen LogP contribution in [-0.2, 0) is 16.1 Å². The van der Waals surface area contributed by atoms with Crippen LogP contribution in [0.2, 0.25) is 0 Å². The van der Waals surface area contributed by atoms with Gasteiger partial charge in [-0.05, 0) is 45.7 Å². The Balaban J connectivity index is 2.05. The van der Waals surface area contributed by atoms with E-state index in [2.05, 4.69) is 15.2 Å². The molecule has 1 aromatic heterocycles. The Bertz CT molecular complexity index is 574. The van der Waals surface area contributed by atoms with E-state index in [1.807, 2.05) is 39.0 Å². The largest absolute Gasteiger partial charge is 0.466 e. The number of nitrogens with one attached hydrogen (secondary N) is 1. The second kappa shape index (κ2) is 9.25. The van der Waals surface area contributed by atoms with Crippen molar-refractivity contribution in [2.45, 2.75) is 40.2 Å². The summed E-state index contributed by atoms with van der Waals surface area (Å²) in [5, 5.41) is 3.32. The molecular formula is C18H28N4O2. The highest BCUT2D eigenvalue weighted by molar-refractivity contribution is 5.81. The lowest BCUT2D eigenvalue weighted by atomic mass is 9.98. The third-order valence-corrected chi connectivity index (χ3v) is 4.01. The minimum absolute atomic E-state index is 0.0698. The zero-order valence-corrected chi connectivity index (χ0v) is 14.9. The van der Waals surface area contributed by atoms with Crippen molar-refractivity contribution < 1.29 is 9.53 Å². The maximum absolute atomic E-state index is 12.0. The number of carbonyl (C=O) groups is 1.